The van der Waals surface area contributed by atoms with Crippen LogP contribution in [0.15, 0.2) is 18.2 Å². The molecule has 21 heavy (non-hydrogen) atoms. The maximum absolute atomic E-state index is 12.2. The molecule has 0 unspecified atom stereocenters. The van der Waals surface area contributed by atoms with Crippen molar-refractivity contribution in [2.45, 2.75) is 38.3 Å². The second-order valence-corrected chi connectivity index (χ2v) is 7.23. The van der Waals surface area contributed by atoms with Gasteiger partial charge < -0.3 is 9.80 Å². The Morgan fingerprint density at radius 1 is 1.29 bits per heavy atom. The molecule has 0 radical (unpaired) electrons. The quantitative estimate of drug-likeness (QED) is 0.821. The molecular formula is C16H23Cl2N2O+. The lowest BCUT2D eigenvalue weighted by molar-refractivity contribution is -0.906. The van der Waals surface area contributed by atoms with E-state index < -0.39 is 0 Å². The number of hydrogen-bond donors (Lipinski definition) is 1. The second kappa shape index (κ2) is 6.99. The zero-order valence-electron chi connectivity index (χ0n) is 12.7. The smallest absolute Gasteiger partial charge is 0.275 e. The maximum Gasteiger partial charge on any atom is 0.275 e. The molecule has 3 nitrogen and oxygen atoms in total. The van der Waals surface area contributed by atoms with Crippen molar-refractivity contribution in [1.82, 2.24) is 5.32 Å². The Labute approximate surface area is 136 Å². The zero-order chi connectivity index (χ0) is 15.5. The average molecular weight is 330 g/mol. The Bertz CT molecular complexity index is 511. The van der Waals surface area contributed by atoms with Gasteiger partial charge in [0.05, 0.1) is 20.1 Å². The van der Waals surface area contributed by atoms with E-state index in [4.69, 9.17) is 23.2 Å². The van der Waals surface area contributed by atoms with E-state index in [2.05, 4.69) is 19.4 Å². The SMILES string of the molecule is C[N+](C)(CC(=O)NCc1ccc(Cl)cc1Cl)C1CCCC1. The minimum atomic E-state index is 0.0675. The fraction of sp³-hybridized carbons (Fsp3) is 0.562. The molecule has 0 heterocycles. The first kappa shape index (κ1) is 16.6. The number of likely N-dealkylation sites (N-methyl/N-ethyl adjacent to an activating group) is 1. The molecule has 1 aromatic carbocycles. The van der Waals surface area contributed by atoms with E-state index in [-0.39, 0.29) is 5.91 Å². The molecule has 0 atom stereocenters. The van der Waals surface area contributed by atoms with Crippen LogP contribution in [0.5, 0.6) is 0 Å². The van der Waals surface area contributed by atoms with Crippen LogP contribution in [0.4, 0.5) is 0 Å². The van der Waals surface area contributed by atoms with E-state index in [0.29, 0.717) is 29.2 Å². The van der Waals surface area contributed by atoms with Gasteiger partial charge in [0.1, 0.15) is 0 Å². The third kappa shape index (κ3) is 4.60. The first-order valence-corrected chi connectivity index (χ1v) is 8.17. The summed E-state index contributed by atoms with van der Waals surface area (Å²) in [4.78, 5) is 12.2. The molecular weight excluding hydrogens is 307 g/mol. The topological polar surface area (TPSA) is 29.1 Å². The Hall–Kier alpha value is -0.770. The van der Waals surface area contributed by atoms with Crippen LogP contribution in [0.1, 0.15) is 31.2 Å². The summed E-state index contributed by atoms with van der Waals surface area (Å²) >= 11 is 12.0. The summed E-state index contributed by atoms with van der Waals surface area (Å²) in [6.45, 7) is 0.954. The number of quaternary nitrogens is 1. The number of carbonyl (C=O) groups excluding carboxylic acids is 1. The molecule has 1 N–H and O–H groups in total. The molecule has 0 saturated heterocycles. The monoisotopic (exact) mass is 329 g/mol. The molecule has 1 aromatic rings. The third-order valence-electron chi connectivity index (χ3n) is 4.36. The van der Waals surface area contributed by atoms with Crippen LogP contribution < -0.4 is 5.32 Å². The highest BCUT2D eigenvalue weighted by Crippen LogP contribution is 2.26. The Morgan fingerprint density at radius 2 is 1.95 bits per heavy atom. The van der Waals surface area contributed by atoms with Crippen LogP contribution in [-0.2, 0) is 11.3 Å². The van der Waals surface area contributed by atoms with E-state index in [1.807, 2.05) is 6.07 Å². The summed E-state index contributed by atoms with van der Waals surface area (Å²) in [6, 6.07) is 5.94. The Balaban J connectivity index is 1.86. The van der Waals surface area contributed by atoms with Crippen molar-refractivity contribution in [3.05, 3.63) is 33.8 Å². The fourth-order valence-corrected chi connectivity index (χ4v) is 3.49. The predicted octanol–water partition coefficient (Wildman–Crippen LogP) is 3.63. The highest BCUT2D eigenvalue weighted by Gasteiger charge is 2.32. The lowest BCUT2D eigenvalue weighted by Crippen LogP contribution is -2.52. The number of nitrogens with zero attached hydrogens (tertiary/aromatic N) is 1. The van der Waals surface area contributed by atoms with Crippen molar-refractivity contribution in [3.63, 3.8) is 0 Å². The second-order valence-electron chi connectivity index (χ2n) is 6.39. The summed E-state index contributed by atoms with van der Waals surface area (Å²) in [7, 11) is 4.29. The molecule has 116 valence electrons. The summed E-state index contributed by atoms with van der Waals surface area (Å²) in [5.74, 6) is 0.0675. The number of carbonyl (C=O) groups is 1. The van der Waals surface area contributed by atoms with Crippen LogP contribution >= 0.6 is 23.2 Å². The van der Waals surface area contributed by atoms with Gasteiger partial charge in [-0.25, -0.2) is 0 Å². The van der Waals surface area contributed by atoms with Crippen LogP contribution in [0, 0.1) is 0 Å². The third-order valence-corrected chi connectivity index (χ3v) is 4.94. The summed E-state index contributed by atoms with van der Waals surface area (Å²) < 4.78 is 0.764. The predicted molar refractivity (Wildman–Crippen MR) is 87.5 cm³/mol. The first-order valence-electron chi connectivity index (χ1n) is 7.42. The molecule has 0 aromatic heterocycles. The normalized spacial score (nSPS) is 16.2. The van der Waals surface area contributed by atoms with Gasteiger partial charge in [-0.15, -0.1) is 0 Å². The lowest BCUT2D eigenvalue weighted by atomic mass is 10.2. The van der Waals surface area contributed by atoms with Crippen molar-refractivity contribution in [2.75, 3.05) is 20.6 Å². The van der Waals surface area contributed by atoms with Gasteiger partial charge in [0, 0.05) is 16.6 Å². The average Bonchev–Trinajstić information content (AvgIpc) is 2.91. The summed E-state index contributed by atoms with van der Waals surface area (Å²) in [6.07, 6.45) is 5.02. The van der Waals surface area contributed by atoms with E-state index >= 15 is 0 Å². The summed E-state index contributed by atoms with van der Waals surface area (Å²) in [5.41, 5.74) is 0.889. The number of amides is 1. The number of benzene rings is 1. The number of hydrogen-bond acceptors (Lipinski definition) is 1. The highest BCUT2D eigenvalue weighted by molar-refractivity contribution is 6.35. The summed E-state index contributed by atoms with van der Waals surface area (Å²) in [5, 5.41) is 4.15. The van der Waals surface area contributed by atoms with Gasteiger partial charge in [-0.2, -0.15) is 0 Å². The van der Waals surface area contributed by atoms with Crippen LogP contribution in [-0.4, -0.2) is 37.1 Å². The zero-order valence-corrected chi connectivity index (χ0v) is 14.2. The molecule has 0 spiro atoms. The van der Waals surface area contributed by atoms with Crippen molar-refractivity contribution < 1.29 is 9.28 Å². The van der Waals surface area contributed by atoms with Gasteiger partial charge >= 0.3 is 0 Å². The lowest BCUT2D eigenvalue weighted by Gasteiger charge is -2.35. The molecule has 1 aliphatic rings. The van der Waals surface area contributed by atoms with E-state index in [9.17, 15) is 4.79 Å². The largest absolute Gasteiger partial charge is 0.347 e. The standard InChI is InChI=1S/C16H22Cl2N2O/c1-20(2,14-5-3-4-6-14)11-16(21)19-10-12-7-8-13(17)9-15(12)18/h7-9,14H,3-6,10-11H2,1-2H3/p+1. The fourth-order valence-electron chi connectivity index (χ4n) is 3.02. The Morgan fingerprint density at radius 3 is 2.57 bits per heavy atom. The van der Waals surface area contributed by atoms with Gasteiger partial charge in [-0.1, -0.05) is 29.3 Å². The van der Waals surface area contributed by atoms with E-state index in [1.54, 1.807) is 12.1 Å². The minimum Gasteiger partial charge on any atom is -0.347 e. The van der Waals surface area contributed by atoms with E-state index in [1.165, 1.54) is 25.7 Å². The van der Waals surface area contributed by atoms with Gasteiger partial charge in [0.2, 0.25) is 0 Å². The van der Waals surface area contributed by atoms with Gasteiger partial charge in [0.15, 0.2) is 6.54 Å². The van der Waals surface area contributed by atoms with Gasteiger partial charge in [-0.05, 0) is 43.4 Å². The molecule has 1 aliphatic carbocycles. The van der Waals surface area contributed by atoms with Crippen LogP contribution in [0.25, 0.3) is 0 Å². The number of halogens is 2. The number of nitrogens with one attached hydrogen (secondary N) is 1. The van der Waals surface area contributed by atoms with Gasteiger partial charge in [-0.3, -0.25) is 4.79 Å². The molecule has 0 aliphatic heterocycles. The molecule has 1 saturated carbocycles. The molecule has 0 bridgehead atoms. The van der Waals surface area contributed by atoms with Gasteiger partial charge in [0.25, 0.3) is 5.91 Å². The molecule has 2 rings (SSSR count). The Kier molecular flexibility index (Phi) is 5.53. The van der Waals surface area contributed by atoms with Crippen molar-refractivity contribution in [3.8, 4) is 0 Å². The maximum atomic E-state index is 12.2. The van der Waals surface area contributed by atoms with Crippen LogP contribution in [0.2, 0.25) is 10.0 Å². The van der Waals surface area contributed by atoms with Crippen molar-refractivity contribution in [1.29, 1.82) is 0 Å². The molecule has 5 heteroatoms. The molecule has 1 amide bonds. The highest BCUT2D eigenvalue weighted by atomic mass is 35.5. The first-order chi connectivity index (χ1) is 9.88. The molecule has 1 fully saturated rings. The number of rotatable bonds is 5. The van der Waals surface area contributed by atoms with Crippen LogP contribution in [0.3, 0.4) is 0 Å². The van der Waals surface area contributed by atoms with Crippen molar-refractivity contribution >= 4 is 29.1 Å². The minimum absolute atomic E-state index is 0.0675. The van der Waals surface area contributed by atoms with Crippen molar-refractivity contribution in [2.24, 2.45) is 0 Å². The van der Waals surface area contributed by atoms with E-state index in [0.717, 1.165) is 10.0 Å².